The minimum atomic E-state index is -0.602. The summed E-state index contributed by atoms with van der Waals surface area (Å²) >= 11 is 0. The monoisotopic (exact) mass is 380 g/mol. The number of rotatable bonds is 7. The SMILES string of the molecule is COc1cc(C(=O)Nc2ccccc2-n2ccc(C)n2)ccc1OCC(N)=O. The molecule has 0 fully saturated rings. The lowest BCUT2D eigenvalue weighted by Gasteiger charge is -2.13. The van der Waals surface area contributed by atoms with E-state index in [1.54, 1.807) is 22.9 Å². The first-order valence-corrected chi connectivity index (χ1v) is 8.50. The van der Waals surface area contributed by atoms with Gasteiger partial charge in [-0.1, -0.05) is 12.1 Å². The predicted molar refractivity (Wildman–Crippen MR) is 104 cm³/mol. The fourth-order valence-corrected chi connectivity index (χ4v) is 2.60. The number of aromatic nitrogens is 2. The van der Waals surface area contributed by atoms with Crippen molar-refractivity contribution in [3.63, 3.8) is 0 Å². The third kappa shape index (κ3) is 4.29. The van der Waals surface area contributed by atoms with Crippen molar-refractivity contribution < 1.29 is 19.1 Å². The summed E-state index contributed by atoms with van der Waals surface area (Å²) in [7, 11) is 1.45. The number of methoxy groups -OCH3 is 1. The number of anilines is 1. The molecule has 0 aliphatic heterocycles. The Kier molecular flexibility index (Phi) is 5.59. The van der Waals surface area contributed by atoms with Crippen LogP contribution in [-0.4, -0.2) is 35.3 Å². The Morgan fingerprint density at radius 2 is 1.93 bits per heavy atom. The van der Waals surface area contributed by atoms with E-state index >= 15 is 0 Å². The molecule has 1 aromatic heterocycles. The number of hydrogen-bond donors (Lipinski definition) is 2. The first-order valence-electron chi connectivity index (χ1n) is 8.50. The Morgan fingerprint density at radius 3 is 2.61 bits per heavy atom. The van der Waals surface area contributed by atoms with E-state index in [4.69, 9.17) is 15.2 Å². The molecular weight excluding hydrogens is 360 g/mol. The van der Waals surface area contributed by atoms with Gasteiger partial charge in [0.25, 0.3) is 11.8 Å². The van der Waals surface area contributed by atoms with Gasteiger partial charge in [0.1, 0.15) is 0 Å². The van der Waals surface area contributed by atoms with Gasteiger partial charge in [-0.05, 0) is 43.3 Å². The van der Waals surface area contributed by atoms with Crippen molar-refractivity contribution in [3.05, 3.63) is 66.0 Å². The van der Waals surface area contributed by atoms with Gasteiger partial charge < -0.3 is 20.5 Å². The van der Waals surface area contributed by atoms with Crippen molar-refractivity contribution in [2.45, 2.75) is 6.92 Å². The van der Waals surface area contributed by atoms with Crippen LogP contribution in [0.2, 0.25) is 0 Å². The largest absolute Gasteiger partial charge is 0.493 e. The van der Waals surface area contributed by atoms with Crippen LogP contribution in [0.1, 0.15) is 16.1 Å². The Balaban J connectivity index is 1.83. The van der Waals surface area contributed by atoms with Gasteiger partial charge in [-0.15, -0.1) is 0 Å². The fraction of sp³-hybridized carbons (Fsp3) is 0.150. The van der Waals surface area contributed by atoms with Crippen LogP contribution < -0.4 is 20.5 Å². The Morgan fingerprint density at radius 1 is 1.14 bits per heavy atom. The molecule has 3 aromatic rings. The number of carbonyl (C=O) groups is 2. The third-order valence-corrected chi connectivity index (χ3v) is 3.92. The first kappa shape index (κ1) is 19.0. The normalized spacial score (nSPS) is 10.4. The second-order valence-corrected chi connectivity index (χ2v) is 5.99. The second-order valence-electron chi connectivity index (χ2n) is 5.99. The zero-order chi connectivity index (χ0) is 20.1. The predicted octanol–water partition coefficient (Wildman–Crippen LogP) is 2.31. The molecule has 0 saturated heterocycles. The highest BCUT2D eigenvalue weighted by atomic mass is 16.5. The van der Waals surface area contributed by atoms with Crippen LogP contribution in [0.15, 0.2) is 54.7 Å². The summed E-state index contributed by atoms with van der Waals surface area (Å²) in [5, 5.41) is 7.27. The molecule has 8 nitrogen and oxygen atoms in total. The van der Waals surface area contributed by atoms with Crippen molar-refractivity contribution in [2.24, 2.45) is 5.73 Å². The van der Waals surface area contributed by atoms with Crippen LogP contribution in [0, 0.1) is 6.92 Å². The topological polar surface area (TPSA) is 108 Å². The highest BCUT2D eigenvalue weighted by molar-refractivity contribution is 6.05. The molecule has 0 aliphatic carbocycles. The lowest BCUT2D eigenvalue weighted by Crippen LogP contribution is -2.20. The zero-order valence-electron chi connectivity index (χ0n) is 15.5. The van der Waals surface area contributed by atoms with Gasteiger partial charge in [0.15, 0.2) is 18.1 Å². The molecule has 3 rings (SSSR count). The van der Waals surface area contributed by atoms with E-state index in [-0.39, 0.29) is 12.5 Å². The van der Waals surface area contributed by atoms with Crippen LogP contribution in [-0.2, 0) is 4.79 Å². The summed E-state index contributed by atoms with van der Waals surface area (Å²) in [5.41, 5.74) is 7.69. The molecule has 8 heteroatoms. The molecule has 28 heavy (non-hydrogen) atoms. The van der Waals surface area contributed by atoms with Crippen LogP contribution in [0.25, 0.3) is 5.69 Å². The van der Waals surface area contributed by atoms with Crippen molar-refractivity contribution in [3.8, 4) is 17.2 Å². The molecule has 2 aromatic carbocycles. The van der Waals surface area contributed by atoms with Gasteiger partial charge in [0.05, 0.1) is 24.2 Å². The highest BCUT2D eigenvalue weighted by Crippen LogP contribution is 2.29. The summed E-state index contributed by atoms with van der Waals surface area (Å²) in [4.78, 5) is 23.6. The third-order valence-electron chi connectivity index (χ3n) is 3.92. The average Bonchev–Trinajstić information content (AvgIpc) is 3.12. The fourth-order valence-electron chi connectivity index (χ4n) is 2.60. The van der Waals surface area contributed by atoms with E-state index in [0.29, 0.717) is 22.7 Å². The van der Waals surface area contributed by atoms with Gasteiger partial charge in [0, 0.05) is 11.8 Å². The Labute approximate surface area is 161 Å². The Bertz CT molecular complexity index is 1010. The van der Waals surface area contributed by atoms with Gasteiger partial charge in [-0.25, -0.2) is 4.68 Å². The Hall–Kier alpha value is -3.81. The lowest BCUT2D eigenvalue weighted by atomic mass is 10.1. The minimum absolute atomic E-state index is 0.279. The molecule has 144 valence electrons. The lowest BCUT2D eigenvalue weighted by molar-refractivity contribution is -0.119. The number of hydrogen-bond acceptors (Lipinski definition) is 5. The van der Waals surface area contributed by atoms with Crippen LogP contribution in [0.5, 0.6) is 11.5 Å². The van der Waals surface area contributed by atoms with Gasteiger partial charge >= 0.3 is 0 Å². The van der Waals surface area contributed by atoms with Crippen molar-refractivity contribution >= 4 is 17.5 Å². The molecule has 0 bridgehead atoms. The molecular formula is C20H20N4O4. The molecule has 0 radical (unpaired) electrons. The average molecular weight is 380 g/mol. The van der Waals surface area contributed by atoms with Crippen LogP contribution in [0.4, 0.5) is 5.69 Å². The van der Waals surface area contributed by atoms with Crippen LogP contribution >= 0.6 is 0 Å². The van der Waals surface area contributed by atoms with Crippen LogP contribution in [0.3, 0.4) is 0 Å². The number of para-hydroxylation sites is 2. The minimum Gasteiger partial charge on any atom is -0.493 e. The number of carbonyl (C=O) groups excluding carboxylic acids is 2. The number of primary amides is 1. The van der Waals surface area contributed by atoms with Crippen molar-refractivity contribution in [2.75, 3.05) is 19.0 Å². The van der Waals surface area contributed by atoms with E-state index in [1.807, 2.05) is 37.4 Å². The second kappa shape index (κ2) is 8.26. The molecule has 0 spiro atoms. The number of nitrogens with two attached hydrogens (primary N) is 1. The summed E-state index contributed by atoms with van der Waals surface area (Å²) in [5.74, 6) is -0.277. The number of amides is 2. The first-order chi connectivity index (χ1) is 13.5. The number of benzene rings is 2. The molecule has 2 amide bonds. The van der Waals surface area contributed by atoms with Gasteiger partial charge in [-0.3, -0.25) is 9.59 Å². The van der Waals surface area contributed by atoms with E-state index in [9.17, 15) is 9.59 Å². The number of aryl methyl sites for hydroxylation is 1. The molecule has 0 saturated carbocycles. The molecule has 1 heterocycles. The van der Waals surface area contributed by atoms with E-state index in [1.165, 1.54) is 13.2 Å². The van der Waals surface area contributed by atoms with E-state index in [2.05, 4.69) is 10.4 Å². The molecule has 0 unspecified atom stereocenters. The molecule has 0 atom stereocenters. The number of ether oxygens (including phenoxy) is 2. The smallest absolute Gasteiger partial charge is 0.255 e. The summed E-state index contributed by atoms with van der Waals surface area (Å²) < 4.78 is 12.2. The molecule has 0 aliphatic rings. The highest BCUT2D eigenvalue weighted by Gasteiger charge is 2.14. The number of nitrogens with zero attached hydrogens (tertiary/aromatic N) is 2. The quantitative estimate of drug-likeness (QED) is 0.654. The maximum atomic E-state index is 12.7. The molecule has 3 N–H and O–H groups in total. The summed E-state index contributed by atoms with van der Waals surface area (Å²) in [6, 6.07) is 13.9. The van der Waals surface area contributed by atoms with E-state index in [0.717, 1.165) is 11.4 Å². The van der Waals surface area contributed by atoms with E-state index < -0.39 is 5.91 Å². The van der Waals surface area contributed by atoms with Crippen molar-refractivity contribution in [1.82, 2.24) is 9.78 Å². The van der Waals surface area contributed by atoms with Gasteiger partial charge in [-0.2, -0.15) is 5.10 Å². The van der Waals surface area contributed by atoms with Crippen molar-refractivity contribution in [1.29, 1.82) is 0 Å². The number of nitrogens with one attached hydrogen (secondary N) is 1. The summed E-state index contributed by atoms with van der Waals surface area (Å²) in [6.45, 7) is 1.62. The summed E-state index contributed by atoms with van der Waals surface area (Å²) in [6.07, 6.45) is 1.83. The standard InChI is InChI=1S/C20H20N4O4/c1-13-9-10-24(23-13)16-6-4-3-5-15(16)22-20(26)14-7-8-17(18(11-14)27-2)28-12-19(21)25/h3-11H,12H2,1-2H3,(H2,21,25)(H,22,26). The maximum absolute atomic E-state index is 12.7. The maximum Gasteiger partial charge on any atom is 0.255 e. The van der Waals surface area contributed by atoms with Gasteiger partial charge in [0.2, 0.25) is 0 Å². The zero-order valence-corrected chi connectivity index (χ0v) is 15.5.